The van der Waals surface area contributed by atoms with Crippen LogP contribution in [0, 0.1) is 11.6 Å². The van der Waals surface area contributed by atoms with Gasteiger partial charge in [-0.05, 0) is 61.0 Å². The predicted octanol–water partition coefficient (Wildman–Crippen LogP) is 2.91. The van der Waals surface area contributed by atoms with Crippen molar-refractivity contribution < 1.29 is 8.78 Å². The third-order valence-corrected chi connectivity index (χ3v) is 4.04. The molecule has 0 spiro atoms. The smallest absolute Gasteiger partial charge is 0.144 e. The summed E-state index contributed by atoms with van der Waals surface area (Å²) in [6.07, 6.45) is 2.04. The summed E-state index contributed by atoms with van der Waals surface area (Å²) in [4.78, 5) is 2.26. The van der Waals surface area contributed by atoms with E-state index in [-0.39, 0.29) is 12.1 Å². The van der Waals surface area contributed by atoms with Gasteiger partial charge in [0.25, 0.3) is 0 Å². The van der Waals surface area contributed by atoms with E-state index < -0.39 is 11.6 Å². The van der Waals surface area contributed by atoms with Crippen molar-refractivity contribution in [3.8, 4) is 0 Å². The molecule has 0 saturated carbocycles. The molecule has 1 N–H and O–H groups in total. The van der Waals surface area contributed by atoms with E-state index in [1.807, 2.05) is 0 Å². The Labute approximate surface area is 114 Å². The Balaban J connectivity index is 1.96. The molecule has 0 aliphatic carbocycles. The van der Waals surface area contributed by atoms with Crippen LogP contribution in [-0.2, 0) is 6.54 Å². The molecule has 18 heavy (non-hydrogen) atoms. The van der Waals surface area contributed by atoms with E-state index in [4.69, 9.17) is 0 Å². The molecule has 2 nitrogen and oxygen atoms in total. The lowest BCUT2D eigenvalue weighted by molar-refractivity contribution is 0.233. The summed E-state index contributed by atoms with van der Waals surface area (Å²) >= 11 is 3.08. The van der Waals surface area contributed by atoms with Gasteiger partial charge in [0.1, 0.15) is 11.6 Å². The lowest BCUT2D eigenvalue weighted by Crippen LogP contribution is -2.40. The molecule has 1 aromatic rings. The predicted molar refractivity (Wildman–Crippen MR) is 71.4 cm³/mol. The SMILES string of the molecule is CN1CCC(NCc2c(F)ccc(Br)c2F)CC1. The molecule has 0 atom stereocenters. The highest BCUT2D eigenvalue weighted by atomic mass is 79.9. The average molecular weight is 319 g/mol. The van der Waals surface area contributed by atoms with Crippen molar-refractivity contribution in [2.45, 2.75) is 25.4 Å². The molecule has 100 valence electrons. The molecule has 0 amide bonds. The third-order valence-electron chi connectivity index (χ3n) is 3.42. The summed E-state index contributed by atoms with van der Waals surface area (Å²) in [6, 6.07) is 3.03. The summed E-state index contributed by atoms with van der Waals surface area (Å²) < 4.78 is 27.6. The fraction of sp³-hybridized carbons (Fsp3) is 0.538. The molecular weight excluding hydrogens is 302 g/mol. The molecule has 1 aliphatic heterocycles. The maximum atomic E-state index is 13.7. The van der Waals surface area contributed by atoms with Crippen LogP contribution in [-0.4, -0.2) is 31.1 Å². The number of halogens is 3. The van der Waals surface area contributed by atoms with Crippen LogP contribution in [0.1, 0.15) is 18.4 Å². The van der Waals surface area contributed by atoms with Gasteiger partial charge in [-0.2, -0.15) is 0 Å². The lowest BCUT2D eigenvalue weighted by Gasteiger charge is -2.29. The second-order valence-corrected chi connectivity index (χ2v) is 5.63. The van der Waals surface area contributed by atoms with E-state index in [0.29, 0.717) is 10.5 Å². The van der Waals surface area contributed by atoms with Crippen molar-refractivity contribution in [2.75, 3.05) is 20.1 Å². The highest BCUT2D eigenvalue weighted by Gasteiger charge is 2.18. The zero-order chi connectivity index (χ0) is 13.1. The number of hydrogen-bond acceptors (Lipinski definition) is 2. The maximum Gasteiger partial charge on any atom is 0.144 e. The minimum absolute atomic E-state index is 0.114. The van der Waals surface area contributed by atoms with Crippen molar-refractivity contribution in [1.29, 1.82) is 0 Å². The monoisotopic (exact) mass is 318 g/mol. The number of benzene rings is 1. The summed E-state index contributed by atoms with van der Waals surface area (Å²) in [6.45, 7) is 2.30. The van der Waals surface area contributed by atoms with Gasteiger partial charge < -0.3 is 10.2 Å². The number of likely N-dealkylation sites (tertiary alicyclic amines) is 1. The van der Waals surface area contributed by atoms with Crippen LogP contribution in [0.25, 0.3) is 0 Å². The second-order valence-electron chi connectivity index (χ2n) is 4.78. The Kier molecular flexibility index (Phi) is 4.70. The van der Waals surface area contributed by atoms with Gasteiger partial charge in [-0.1, -0.05) is 0 Å². The van der Waals surface area contributed by atoms with E-state index in [1.54, 1.807) is 0 Å². The number of nitrogens with zero attached hydrogens (tertiary/aromatic N) is 1. The van der Waals surface area contributed by atoms with Crippen molar-refractivity contribution in [1.82, 2.24) is 10.2 Å². The van der Waals surface area contributed by atoms with Crippen LogP contribution < -0.4 is 5.32 Å². The molecule has 1 heterocycles. The molecule has 0 unspecified atom stereocenters. The average Bonchev–Trinajstić information content (AvgIpc) is 2.36. The Morgan fingerprint density at radius 2 is 2.00 bits per heavy atom. The van der Waals surface area contributed by atoms with Gasteiger partial charge in [0.05, 0.1) is 4.47 Å². The van der Waals surface area contributed by atoms with E-state index in [2.05, 4.69) is 33.2 Å². The molecule has 5 heteroatoms. The summed E-state index contributed by atoms with van der Waals surface area (Å²) in [7, 11) is 2.09. The van der Waals surface area contributed by atoms with Gasteiger partial charge in [-0.25, -0.2) is 8.78 Å². The summed E-state index contributed by atoms with van der Waals surface area (Å²) in [5, 5.41) is 3.24. The van der Waals surface area contributed by atoms with Gasteiger partial charge in [0, 0.05) is 18.2 Å². The fourth-order valence-electron chi connectivity index (χ4n) is 2.19. The molecule has 2 rings (SSSR count). The van der Waals surface area contributed by atoms with E-state index in [9.17, 15) is 8.78 Å². The van der Waals surface area contributed by atoms with E-state index >= 15 is 0 Å². The highest BCUT2D eigenvalue weighted by Crippen LogP contribution is 2.22. The molecule has 1 aliphatic rings. The number of rotatable bonds is 3. The first kappa shape index (κ1) is 13.9. The molecule has 0 aromatic heterocycles. The Morgan fingerprint density at radius 3 is 2.67 bits per heavy atom. The van der Waals surface area contributed by atoms with Crippen LogP contribution >= 0.6 is 15.9 Å². The number of piperidine rings is 1. The molecule has 0 radical (unpaired) electrons. The zero-order valence-electron chi connectivity index (χ0n) is 10.3. The van der Waals surface area contributed by atoms with Crippen molar-refractivity contribution in [2.24, 2.45) is 0 Å². The van der Waals surface area contributed by atoms with Gasteiger partial charge in [-0.3, -0.25) is 0 Å². The largest absolute Gasteiger partial charge is 0.310 e. The van der Waals surface area contributed by atoms with Crippen LogP contribution in [0.3, 0.4) is 0 Å². The van der Waals surface area contributed by atoms with E-state index in [0.717, 1.165) is 25.9 Å². The normalized spacial score (nSPS) is 18.2. The van der Waals surface area contributed by atoms with Crippen LogP contribution in [0.5, 0.6) is 0 Å². The first-order chi connectivity index (χ1) is 8.58. The topological polar surface area (TPSA) is 15.3 Å². The maximum absolute atomic E-state index is 13.7. The van der Waals surface area contributed by atoms with Gasteiger partial charge in [0.15, 0.2) is 0 Å². The standard InChI is InChI=1S/C13H17BrF2N2/c1-18-6-4-9(5-7-18)17-8-10-12(15)3-2-11(14)13(10)16/h2-3,9,17H,4-8H2,1H3. The third kappa shape index (κ3) is 3.28. The van der Waals surface area contributed by atoms with Crippen molar-refractivity contribution in [3.63, 3.8) is 0 Å². The van der Waals surface area contributed by atoms with Crippen LogP contribution in [0.4, 0.5) is 8.78 Å². The Morgan fingerprint density at radius 1 is 1.33 bits per heavy atom. The molecule has 1 fully saturated rings. The second kappa shape index (κ2) is 6.08. The number of hydrogen-bond donors (Lipinski definition) is 1. The first-order valence-electron chi connectivity index (χ1n) is 6.12. The van der Waals surface area contributed by atoms with Crippen molar-refractivity contribution in [3.05, 3.63) is 33.8 Å². The highest BCUT2D eigenvalue weighted by molar-refractivity contribution is 9.10. The molecule has 0 bridgehead atoms. The summed E-state index contributed by atoms with van der Waals surface area (Å²) in [5.74, 6) is -0.994. The van der Waals surface area contributed by atoms with E-state index in [1.165, 1.54) is 12.1 Å². The molecule has 1 aromatic carbocycles. The minimum atomic E-state index is -0.504. The first-order valence-corrected chi connectivity index (χ1v) is 6.91. The van der Waals surface area contributed by atoms with Gasteiger partial charge in [-0.15, -0.1) is 0 Å². The van der Waals surface area contributed by atoms with Gasteiger partial charge >= 0.3 is 0 Å². The Hall–Kier alpha value is -0.520. The Bertz CT molecular complexity index is 418. The molecular formula is C13H17BrF2N2. The quantitative estimate of drug-likeness (QED) is 0.862. The summed E-state index contributed by atoms with van der Waals surface area (Å²) in [5.41, 5.74) is 0.114. The minimum Gasteiger partial charge on any atom is -0.310 e. The zero-order valence-corrected chi connectivity index (χ0v) is 11.9. The lowest BCUT2D eigenvalue weighted by atomic mass is 10.0. The number of nitrogens with one attached hydrogen (secondary N) is 1. The van der Waals surface area contributed by atoms with Crippen LogP contribution in [0.15, 0.2) is 16.6 Å². The van der Waals surface area contributed by atoms with Crippen LogP contribution in [0.2, 0.25) is 0 Å². The molecule has 1 saturated heterocycles. The fourth-order valence-corrected chi connectivity index (χ4v) is 2.56. The van der Waals surface area contributed by atoms with Crippen molar-refractivity contribution >= 4 is 15.9 Å². The van der Waals surface area contributed by atoms with Gasteiger partial charge in [0.2, 0.25) is 0 Å².